The van der Waals surface area contributed by atoms with Crippen molar-refractivity contribution in [1.29, 1.82) is 0 Å². The number of carbonyl (C=O) groups excluding carboxylic acids is 2. The molecule has 0 amide bonds. The molecule has 0 radical (unpaired) electrons. The van der Waals surface area contributed by atoms with Gasteiger partial charge >= 0.3 is 5.97 Å². The zero-order valence-corrected chi connectivity index (χ0v) is 63.5. The highest BCUT2D eigenvalue weighted by Gasteiger charge is 2.30. The molecular formula is C76H62Cl4N12O12S3. The Bertz CT molecular complexity index is 6640. The molecule has 6 aromatic carbocycles. The second-order valence-corrected chi connectivity index (χ2v) is 33.3. The molecule has 0 aliphatic rings. The average molecular weight is 1570 g/mol. The molecule has 31 heteroatoms. The van der Waals surface area contributed by atoms with E-state index in [9.17, 15) is 49.2 Å². The zero-order valence-electron chi connectivity index (χ0n) is 58.0. The van der Waals surface area contributed by atoms with Gasteiger partial charge < -0.3 is 4.74 Å². The predicted molar refractivity (Wildman–Crippen MR) is 420 cm³/mol. The number of hydrogen-bond donors (Lipinski definition) is 0. The maximum atomic E-state index is 13.9. The number of aromatic nitrogens is 12. The van der Waals surface area contributed by atoms with Gasteiger partial charge in [0.25, 0.3) is 16.7 Å². The molecule has 1 unspecified atom stereocenters. The molecule has 0 N–H and O–H groups in total. The van der Waals surface area contributed by atoms with Gasteiger partial charge in [-0.25, -0.2) is 30.2 Å². The predicted octanol–water partition coefficient (Wildman–Crippen LogP) is 12.9. The van der Waals surface area contributed by atoms with Crippen LogP contribution >= 0.6 is 46.4 Å². The number of aryl methyl sites for hydroxylation is 3. The molecule has 0 spiro atoms. The van der Waals surface area contributed by atoms with Gasteiger partial charge in [-0.3, -0.25) is 61.7 Å². The van der Waals surface area contributed by atoms with Crippen LogP contribution in [-0.2, 0) is 70.7 Å². The summed E-state index contributed by atoms with van der Waals surface area (Å²) in [5.74, 6) is -2.01. The van der Waals surface area contributed by atoms with Crippen molar-refractivity contribution in [3.8, 4) is 50.4 Å². The van der Waals surface area contributed by atoms with Gasteiger partial charge in [0.05, 0.1) is 74.0 Å². The number of nitrogens with zero attached hydrogens (tertiary/aromatic N) is 12. The van der Waals surface area contributed by atoms with E-state index in [0.29, 0.717) is 86.9 Å². The summed E-state index contributed by atoms with van der Waals surface area (Å²) in [7, 11) is -3.57. The van der Waals surface area contributed by atoms with E-state index in [1.54, 1.807) is 127 Å². The van der Waals surface area contributed by atoms with Crippen LogP contribution in [0.4, 0.5) is 0 Å². The van der Waals surface area contributed by atoms with Crippen molar-refractivity contribution in [1.82, 2.24) is 58.0 Å². The molecule has 0 saturated carbocycles. The Labute approximate surface area is 631 Å². The van der Waals surface area contributed by atoms with E-state index in [4.69, 9.17) is 46.4 Å². The number of pyridine rings is 6. The molecule has 9 heterocycles. The van der Waals surface area contributed by atoms with Crippen molar-refractivity contribution in [2.45, 2.75) is 17.9 Å². The third kappa shape index (κ3) is 17.1. The summed E-state index contributed by atoms with van der Waals surface area (Å²) >= 11 is 24.3. The van der Waals surface area contributed by atoms with E-state index in [0.717, 1.165) is 75.2 Å². The lowest BCUT2D eigenvalue weighted by molar-refractivity contribution is -0.137. The van der Waals surface area contributed by atoms with Gasteiger partial charge in [0.2, 0.25) is 0 Å². The van der Waals surface area contributed by atoms with Crippen molar-refractivity contribution in [2.24, 2.45) is 21.1 Å². The lowest BCUT2D eigenvalue weighted by Gasteiger charge is -2.16. The molecule has 9 aromatic heterocycles. The highest BCUT2D eigenvalue weighted by molar-refractivity contribution is 7.91. The monoisotopic (exact) mass is 1570 g/mol. The van der Waals surface area contributed by atoms with E-state index in [1.807, 2.05) is 113 Å². The Balaban J connectivity index is 0.000000142. The zero-order chi connectivity index (χ0) is 76.7. The second-order valence-electron chi connectivity index (χ2n) is 25.2. The van der Waals surface area contributed by atoms with Crippen LogP contribution in [0.3, 0.4) is 0 Å². The maximum Gasteiger partial charge on any atom is 0.320 e. The summed E-state index contributed by atoms with van der Waals surface area (Å²) in [6.45, 7) is 1.21. The molecule has 0 aliphatic carbocycles. The molecule has 0 saturated heterocycles. The number of rotatable bonds is 13. The van der Waals surface area contributed by atoms with E-state index in [-0.39, 0.29) is 33.7 Å². The SMILES string of the molecule is CC(=O)C(c1ccc2cn(-c3ccc4nn(C)cc4c3)c(=O)c(-c3ccc(Cl)cc3)c2n1)S(C)(=O)=O.COC(=O)CS(C)(=O)=O.Cn1cc2cc(-n3cc4ccc(CS(C)(=O)=O)nc4c(-c4ccc(Cl)cc4)c3=O)ccc2n1.Cn1cc2cc(-n3cc4ccc(Cl)nc4c(-c4ccc(Cl)cc4)c3=O)ccc2n1. The Morgan fingerprint density at radius 1 is 0.430 bits per heavy atom. The number of halogens is 4. The average Bonchev–Trinajstić information content (AvgIpc) is 1.10. The van der Waals surface area contributed by atoms with Gasteiger partial charge in [-0.2, -0.15) is 15.3 Å². The fourth-order valence-corrected chi connectivity index (χ4v) is 15.1. The summed E-state index contributed by atoms with van der Waals surface area (Å²) in [6, 6.07) is 48.0. The summed E-state index contributed by atoms with van der Waals surface area (Å²) in [5, 5.41) is 18.6. The summed E-state index contributed by atoms with van der Waals surface area (Å²) < 4.78 is 83.0. The Kier molecular flexibility index (Phi) is 21.5. The first-order chi connectivity index (χ1) is 50.6. The molecule has 15 rings (SSSR count). The topological polar surface area (TPSA) is 304 Å². The third-order valence-electron chi connectivity index (χ3n) is 16.8. The molecule has 544 valence electrons. The molecule has 0 bridgehead atoms. The Morgan fingerprint density at radius 3 is 1.12 bits per heavy atom. The molecule has 15 aromatic rings. The quantitative estimate of drug-likeness (QED) is 0.0765. The first-order valence-electron chi connectivity index (χ1n) is 32.2. The van der Waals surface area contributed by atoms with E-state index in [1.165, 1.54) is 17.6 Å². The number of hydrogen-bond acceptors (Lipinski definition) is 18. The van der Waals surface area contributed by atoms with Gasteiger partial charge in [0, 0.05) is 142 Å². The van der Waals surface area contributed by atoms with Crippen molar-refractivity contribution in [2.75, 3.05) is 31.6 Å². The fourth-order valence-electron chi connectivity index (χ4n) is 12.2. The number of ether oxygens (including phenoxy) is 1. The molecule has 1 atom stereocenters. The lowest BCUT2D eigenvalue weighted by Crippen LogP contribution is -2.22. The van der Waals surface area contributed by atoms with Crippen LogP contribution < -0.4 is 16.7 Å². The first kappa shape index (κ1) is 75.6. The number of benzene rings is 6. The third-order valence-corrected chi connectivity index (χ3v) is 20.7. The van der Waals surface area contributed by atoms with E-state index < -0.39 is 52.3 Å². The highest BCUT2D eigenvalue weighted by atomic mass is 35.5. The van der Waals surface area contributed by atoms with Crippen LogP contribution in [0, 0.1) is 0 Å². The van der Waals surface area contributed by atoms with Crippen molar-refractivity contribution < 1.29 is 39.6 Å². The number of methoxy groups -OCH3 is 1. The summed E-state index contributed by atoms with van der Waals surface area (Å²) in [6.07, 6.45) is 14.0. The molecule has 107 heavy (non-hydrogen) atoms. The number of carbonyl (C=O) groups is 2. The molecule has 0 fully saturated rings. The van der Waals surface area contributed by atoms with E-state index in [2.05, 4.69) is 35.0 Å². The van der Waals surface area contributed by atoms with Crippen molar-refractivity contribution in [3.05, 3.63) is 264 Å². The van der Waals surface area contributed by atoms with Crippen LogP contribution in [0.1, 0.15) is 23.6 Å². The number of sulfone groups is 3. The lowest BCUT2D eigenvalue weighted by atomic mass is 10.0. The first-order valence-corrected chi connectivity index (χ1v) is 39.8. The number of fused-ring (bicyclic) bond motifs is 6. The minimum absolute atomic E-state index is 0.0710. The smallest absolute Gasteiger partial charge is 0.320 e. The van der Waals surface area contributed by atoms with E-state index >= 15 is 0 Å². The van der Waals surface area contributed by atoms with Gasteiger partial charge in [-0.05, 0) is 151 Å². The van der Waals surface area contributed by atoms with Gasteiger partial charge in [-0.15, -0.1) is 0 Å². The number of ketones is 1. The van der Waals surface area contributed by atoms with Crippen LogP contribution in [0.15, 0.2) is 215 Å². The van der Waals surface area contributed by atoms with Crippen LogP contribution in [0.5, 0.6) is 0 Å². The van der Waals surface area contributed by atoms with Crippen LogP contribution in [-0.4, -0.2) is 127 Å². The molecule has 24 nitrogen and oxygen atoms in total. The summed E-state index contributed by atoms with van der Waals surface area (Å²) in [4.78, 5) is 77.2. The fraction of sp³-hybridized carbons (Fsp3) is 0.145. The standard InChI is InChI=1S/C26H21ClN4O4S.C24H19ClN4O3S.C22H14Cl2N4O.C4H8O4S/c1-15(32)25(36(3,34)35)22-10-6-17-14-31(20-9-11-21-18(12-20)13-30(2)29-21)26(33)23(24(17)28-22)16-4-7-19(27)8-5-16;1-28-12-17-11-20(9-10-21(17)27-28)29-13-16-5-8-19(14-33(2,31)32)26-23(16)22(24(29)30)15-3-6-18(25)7-4-15;1-27-11-15-10-17(7-8-18(15)26-27)28-12-14-4-9-19(24)25-21(14)20(22(28)29)13-2-5-16(23)6-3-13;1-8-4(5)3-9(2,6)7/h4-14,25H,1-3H3;3-13H,14H2,1-2H3;2-12H,1H3;3H2,1-2H3. The second kappa shape index (κ2) is 30.4. The van der Waals surface area contributed by atoms with Crippen molar-refractivity contribution >= 4 is 153 Å². The minimum atomic E-state index is -3.77. The van der Waals surface area contributed by atoms with Gasteiger partial charge in [0.1, 0.15) is 10.9 Å². The van der Waals surface area contributed by atoms with Crippen LogP contribution in [0.2, 0.25) is 20.2 Å². The Morgan fingerprint density at radius 2 is 0.785 bits per heavy atom. The van der Waals surface area contributed by atoms with Crippen molar-refractivity contribution in [3.63, 3.8) is 0 Å². The summed E-state index contributed by atoms with van der Waals surface area (Å²) in [5.41, 5.74) is 8.63. The normalized spacial score (nSPS) is 12.0. The number of esters is 1. The Hall–Kier alpha value is -11.0. The largest absolute Gasteiger partial charge is 0.468 e. The number of Topliss-reactive ketones (excluding diaryl/α,β-unsaturated/α-hetero) is 1. The maximum absolute atomic E-state index is 13.9. The van der Waals surface area contributed by atoms with Gasteiger partial charge in [0.15, 0.2) is 40.5 Å². The molecule has 0 aliphatic heterocycles. The van der Waals surface area contributed by atoms with Gasteiger partial charge in [-0.1, -0.05) is 82.8 Å². The van der Waals surface area contributed by atoms with Crippen LogP contribution in [0.25, 0.3) is 116 Å². The molecular weight excluding hydrogens is 1510 g/mol. The minimum Gasteiger partial charge on any atom is -0.468 e. The highest BCUT2D eigenvalue weighted by Crippen LogP contribution is 2.34.